The van der Waals surface area contributed by atoms with Gasteiger partial charge in [0, 0.05) is 25.3 Å². The van der Waals surface area contributed by atoms with Crippen LogP contribution in [0.2, 0.25) is 0 Å². The van der Waals surface area contributed by atoms with Gasteiger partial charge in [0.25, 0.3) is 0 Å². The van der Waals surface area contributed by atoms with Crippen molar-refractivity contribution < 1.29 is 17.9 Å². The lowest BCUT2D eigenvalue weighted by Gasteiger charge is -2.29. The Hall–Kier alpha value is -2.58. The Balaban J connectivity index is 1.63. The van der Waals surface area contributed by atoms with Crippen molar-refractivity contribution in [2.75, 3.05) is 41.8 Å². The van der Waals surface area contributed by atoms with Crippen LogP contribution in [0.15, 0.2) is 54.6 Å². The Morgan fingerprint density at radius 1 is 1.10 bits per heavy atom. The van der Waals surface area contributed by atoms with Crippen molar-refractivity contribution in [1.82, 2.24) is 5.32 Å². The number of morpholine rings is 1. The summed E-state index contributed by atoms with van der Waals surface area (Å²) in [5, 5.41) is 2.84. The molecule has 1 saturated heterocycles. The molecule has 1 N–H and O–H groups in total. The van der Waals surface area contributed by atoms with Crippen LogP contribution in [0.3, 0.4) is 0 Å². The Morgan fingerprint density at radius 3 is 2.31 bits per heavy atom. The quantitative estimate of drug-likeness (QED) is 0.745. The molecule has 0 bridgehead atoms. The summed E-state index contributed by atoms with van der Waals surface area (Å²) in [4.78, 5) is 14.9. The van der Waals surface area contributed by atoms with Gasteiger partial charge in [0.15, 0.2) is 0 Å². The zero-order chi connectivity index (χ0) is 20.9. The first-order chi connectivity index (χ1) is 13.9. The van der Waals surface area contributed by atoms with Crippen molar-refractivity contribution >= 4 is 27.3 Å². The lowest BCUT2D eigenvalue weighted by Crippen LogP contribution is -2.47. The number of para-hydroxylation sites is 1. The molecule has 1 heterocycles. The number of ether oxygens (including phenoxy) is 1. The third-order valence-electron chi connectivity index (χ3n) is 4.88. The van der Waals surface area contributed by atoms with Gasteiger partial charge in [-0.25, -0.2) is 8.42 Å². The SMILES string of the molecule is C[C@H](C(=O)NCc1ccc(N2CCOCC2)cc1)N(c1ccccc1)S(C)(=O)=O. The molecule has 3 rings (SSSR count). The molecular formula is C21H27N3O4S. The second kappa shape index (κ2) is 9.28. The molecule has 1 aliphatic heterocycles. The number of sulfonamides is 1. The van der Waals surface area contributed by atoms with Crippen LogP contribution in [-0.2, 0) is 26.1 Å². The molecule has 0 saturated carbocycles. The Kier molecular flexibility index (Phi) is 6.76. The van der Waals surface area contributed by atoms with E-state index in [1.54, 1.807) is 37.3 Å². The second-order valence-corrected chi connectivity index (χ2v) is 8.91. The minimum absolute atomic E-state index is 0.332. The monoisotopic (exact) mass is 417 g/mol. The van der Waals surface area contributed by atoms with Crippen LogP contribution in [-0.4, -0.2) is 52.9 Å². The van der Waals surface area contributed by atoms with Gasteiger partial charge in [-0.15, -0.1) is 0 Å². The van der Waals surface area contributed by atoms with Crippen molar-refractivity contribution in [3.05, 3.63) is 60.2 Å². The third-order valence-corrected chi connectivity index (χ3v) is 6.12. The number of nitrogens with one attached hydrogen (secondary N) is 1. The van der Waals surface area contributed by atoms with Crippen LogP contribution in [0.25, 0.3) is 0 Å². The van der Waals surface area contributed by atoms with Gasteiger partial charge in [0.05, 0.1) is 25.2 Å². The number of carbonyl (C=O) groups excluding carboxylic acids is 1. The molecule has 2 aromatic carbocycles. The van der Waals surface area contributed by atoms with E-state index in [4.69, 9.17) is 4.74 Å². The highest BCUT2D eigenvalue weighted by molar-refractivity contribution is 7.92. The van der Waals surface area contributed by atoms with E-state index < -0.39 is 16.1 Å². The molecule has 1 amide bonds. The number of rotatable bonds is 7. The largest absolute Gasteiger partial charge is 0.378 e. The molecule has 0 unspecified atom stereocenters. The van der Waals surface area contributed by atoms with Gasteiger partial charge in [-0.3, -0.25) is 9.10 Å². The Morgan fingerprint density at radius 2 is 1.72 bits per heavy atom. The normalized spacial score (nSPS) is 15.6. The molecule has 156 valence electrons. The van der Waals surface area contributed by atoms with E-state index in [2.05, 4.69) is 10.2 Å². The van der Waals surface area contributed by atoms with Crippen molar-refractivity contribution in [2.24, 2.45) is 0 Å². The first-order valence-electron chi connectivity index (χ1n) is 9.60. The maximum atomic E-state index is 12.7. The van der Waals surface area contributed by atoms with Crippen LogP contribution in [0.4, 0.5) is 11.4 Å². The van der Waals surface area contributed by atoms with E-state index in [0.29, 0.717) is 12.2 Å². The lowest BCUT2D eigenvalue weighted by atomic mass is 10.1. The van der Waals surface area contributed by atoms with Gasteiger partial charge in [-0.1, -0.05) is 30.3 Å². The molecule has 0 radical (unpaired) electrons. The van der Waals surface area contributed by atoms with Gasteiger partial charge in [-0.05, 0) is 36.8 Å². The molecule has 1 fully saturated rings. The summed E-state index contributed by atoms with van der Waals surface area (Å²) < 4.78 is 31.1. The smallest absolute Gasteiger partial charge is 0.243 e. The fraction of sp³-hybridized carbons (Fsp3) is 0.381. The number of anilines is 2. The van der Waals surface area contributed by atoms with E-state index in [1.165, 1.54) is 0 Å². The van der Waals surface area contributed by atoms with E-state index in [9.17, 15) is 13.2 Å². The molecule has 7 nitrogen and oxygen atoms in total. The van der Waals surface area contributed by atoms with Crippen molar-refractivity contribution in [1.29, 1.82) is 0 Å². The highest BCUT2D eigenvalue weighted by atomic mass is 32.2. The molecule has 1 aliphatic rings. The maximum absolute atomic E-state index is 12.7. The van der Waals surface area contributed by atoms with Crippen LogP contribution in [0, 0.1) is 0 Å². The molecule has 0 spiro atoms. The standard InChI is InChI=1S/C21H27N3O4S/c1-17(24(29(2,26)27)20-6-4-3-5-7-20)21(25)22-16-18-8-10-19(11-9-18)23-12-14-28-15-13-23/h3-11,17H,12-16H2,1-2H3,(H,22,25)/t17-/m1/s1. The van der Waals surface area contributed by atoms with Crippen LogP contribution < -0.4 is 14.5 Å². The molecule has 2 aromatic rings. The fourth-order valence-electron chi connectivity index (χ4n) is 3.37. The number of nitrogens with zero attached hydrogens (tertiary/aromatic N) is 2. The minimum Gasteiger partial charge on any atom is -0.378 e. The molecule has 29 heavy (non-hydrogen) atoms. The molecule has 0 aromatic heterocycles. The topological polar surface area (TPSA) is 79.0 Å². The number of amides is 1. The predicted octanol–water partition coefficient (Wildman–Crippen LogP) is 1.99. The first kappa shape index (κ1) is 21.1. The van der Waals surface area contributed by atoms with Gasteiger partial charge < -0.3 is 15.0 Å². The highest BCUT2D eigenvalue weighted by Gasteiger charge is 2.28. The minimum atomic E-state index is -3.61. The van der Waals surface area contributed by atoms with Gasteiger partial charge in [-0.2, -0.15) is 0 Å². The zero-order valence-corrected chi connectivity index (χ0v) is 17.6. The average Bonchev–Trinajstić information content (AvgIpc) is 2.73. The summed E-state index contributed by atoms with van der Waals surface area (Å²) in [6.45, 7) is 5.12. The Bertz CT molecular complexity index is 911. The van der Waals surface area contributed by atoms with Gasteiger partial charge in [0.2, 0.25) is 15.9 Å². The van der Waals surface area contributed by atoms with E-state index in [0.717, 1.165) is 48.1 Å². The lowest BCUT2D eigenvalue weighted by molar-refractivity contribution is -0.122. The van der Waals surface area contributed by atoms with Crippen LogP contribution in [0.1, 0.15) is 12.5 Å². The summed E-state index contributed by atoms with van der Waals surface area (Å²) in [7, 11) is -3.61. The van der Waals surface area contributed by atoms with E-state index in [1.807, 2.05) is 24.3 Å². The predicted molar refractivity (Wildman–Crippen MR) is 115 cm³/mol. The molecule has 1 atom stereocenters. The number of benzene rings is 2. The summed E-state index contributed by atoms with van der Waals surface area (Å²) in [6, 6.07) is 15.8. The fourth-order valence-corrected chi connectivity index (χ4v) is 4.54. The summed E-state index contributed by atoms with van der Waals surface area (Å²) >= 11 is 0. The average molecular weight is 418 g/mol. The van der Waals surface area contributed by atoms with E-state index >= 15 is 0 Å². The first-order valence-corrected chi connectivity index (χ1v) is 11.4. The van der Waals surface area contributed by atoms with E-state index in [-0.39, 0.29) is 5.91 Å². The van der Waals surface area contributed by atoms with Crippen LogP contribution in [0.5, 0.6) is 0 Å². The maximum Gasteiger partial charge on any atom is 0.243 e. The van der Waals surface area contributed by atoms with Crippen molar-refractivity contribution in [2.45, 2.75) is 19.5 Å². The molecule has 8 heteroatoms. The zero-order valence-electron chi connectivity index (χ0n) is 16.7. The molecule has 0 aliphatic carbocycles. The third kappa shape index (κ3) is 5.48. The van der Waals surface area contributed by atoms with Gasteiger partial charge >= 0.3 is 0 Å². The van der Waals surface area contributed by atoms with Crippen LogP contribution >= 0.6 is 0 Å². The number of hydrogen-bond acceptors (Lipinski definition) is 5. The Labute approximate surface area is 172 Å². The molecular weight excluding hydrogens is 390 g/mol. The van der Waals surface area contributed by atoms with Crippen molar-refractivity contribution in [3.63, 3.8) is 0 Å². The summed E-state index contributed by atoms with van der Waals surface area (Å²) in [5.74, 6) is -0.350. The van der Waals surface area contributed by atoms with Gasteiger partial charge in [0.1, 0.15) is 6.04 Å². The summed E-state index contributed by atoms with van der Waals surface area (Å²) in [5.41, 5.74) is 2.55. The van der Waals surface area contributed by atoms with Crippen molar-refractivity contribution in [3.8, 4) is 0 Å². The number of carbonyl (C=O) groups is 1. The second-order valence-electron chi connectivity index (χ2n) is 7.05. The number of hydrogen-bond donors (Lipinski definition) is 1. The highest BCUT2D eigenvalue weighted by Crippen LogP contribution is 2.20. The summed E-state index contributed by atoms with van der Waals surface area (Å²) in [6.07, 6.45) is 1.11.